The summed E-state index contributed by atoms with van der Waals surface area (Å²) in [6.45, 7) is 5.37. The standard InChI is InChI=1S/C22H23ClN4O5S/c1-22(2,3)18-12-19(27(26-18)14-7-5-4-6-8-14)25-20(28)13-32-21(29)16-11-15(33(24,30)31)9-10-17(16)23/h4-12H,13H2,1-3H3,(H,25,28)(H2,24,30,31). The number of ether oxygens (including phenoxy) is 1. The number of hydrogen-bond acceptors (Lipinski definition) is 6. The van der Waals surface area contributed by atoms with Crippen LogP contribution in [0.4, 0.5) is 5.82 Å². The SMILES string of the molecule is CC(C)(C)c1cc(NC(=O)COC(=O)c2cc(S(N)(=O)=O)ccc2Cl)n(-c2ccccc2)n1. The van der Waals surface area contributed by atoms with Crippen LogP contribution in [0.3, 0.4) is 0 Å². The van der Waals surface area contributed by atoms with Crippen molar-refractivity contribution in [2.24, 2.45) is 5.14 Å². The molecule has 11 heteroatoms. The van der Waals surface area contributed by atoms with E-state index in [1.807, 2.05) is 51.1 Å². The lowest BCUT2D eigenvalue weighted by Crippen LogP contribution is -2.22. The lowest BCUT2D eigenvalue weighted by Gasteiger charge is -2.14. The molecular weight excluding hydrogens is 468 g/mol. The summed E-state index contributed by atoms with van der Waals surface area (Å²) < 4.78 is 29.7. The van der Waals surface area contributed by atoms with Crippen molar-refractivity contribution < 1.29 is 22.7 Å². The number of primary sulfonamides is 1. The fourth-order valence-electron chi connectivity index (χ4n) is 2.83. The number of halogens is 1. The Bertz CT molecular complexity index is 1300. The van der Waals surface area contributed by atoms with Crippen molar-refractivity contribution in [1.82, 2.24) is 9.78 Å². The highest BCUT2D eigenvalue weighted by Crippen LogP contribution is 2.26. The zero-order chi connectivity index (χ0) is 24.4. The first-order chi connectivity index (χ1) is 15.4. The molecule has 2 aromatic carbocycles. The summed E-state index contributed by atoms with van der Waals surface area (Å²) in [4.78, 5) is 24.6. The minimum Gasteiger partial charge on any atom is -0.452 e. The van der Waals surface area contributed by atoms with E-state index < -0.39 is 28.5 Å². The van der Waals surface area contributed by atoms with E-state index in [4.69, 9.17) is 21.5 Å². The molecule has 33 heavy (non-hydrogen) atoms. The van der Waals surface area contributed by atoms with Gasteiger partial charge >= 0.3 is 5.97 Å². The zero-order valence-electron chi connectivity index (χ0n) is 18.2. The molecule has 174 valence electrons. The third-order valence-electron chi connectivity index (χ3n) is 4.57. The van der Waals surface area contributed by atoms with Crippen LogP contribution in [0, 0.1) is 0 Å². The van der Waals surface area contributed by atoms with Crippen LogP contribution < -0.4 is 10.5 Å². The van der Waals surface area contributed by atoms with E-state index in [1.165, 1.54) is 12.1 Å². The van der Waals surface area contributed by atoms with E-state index in [9.17, 15) is 18.0 Å². The van der Waals surface area contributed by atoms with Gasteiger partial charge in [-0.2, -0.15) is 5.10 Å². The number of hydrogen-bond donors (Lipinski definition) is 2. The first-order valence-corrected chi connectivity index (χ1v) is 11.7. The molecule has 0 unspecified atom stereocenters. The number of carbonyl (C=O) groups excluding carboxylic acids is 2. The van der Waals surface area contributed by atoms with Gasteiger partial charge in [0.05, 0.1) is 26.9 Å². The van der Waals surface area contributed by atoms with Gasteiger partial charge in [0.1, 0.15) is 5.82 Å². The van der Waals surface area contributed by atoms with Crippen LogP contribution in [0.15, 0.2) is 59.5 Å². The number of aromatic nitrogens is 2. The van der Waals surface area contributed by atoms with Gasteiger partial charge in [-0.1, -0.05) is 50.6 Å². The van der Waals surface area contributed by atoms with E-state index in [-0.39, 0.29) is 20.9 Å². The van der Waals surface area contributed by atoms with Crippen molar-refractivity contribution in [3.05, 3.63) is 70.9 Å². The maximum absolute atomic E-state index is 12.5. The van der Waals surface area contributed by atoms with Crippen LogP contribution in [0.5, 0.6) is 0 Å². The van der Waals surface area contributed by atoms with Gasteiger partial charge in [-0.15, -0.1) is 0 Å². The first kappa shape index (κ1) is 24.4. The topological polar surface area (TPSA) is 133 Å². The molecular formula is C22H23ClN4O5S. The average Bonchev–Trinajstić information content (AvgIpc) is 3.16. The van der Waals surface area contributed by atoms with Crippen molar-refractivity contribution in [3.63, 3.8) is 0 Å². The fraction of sp³-hybridized carbons (Fsp3) is 0.227. The number of nitrogens with two attached hydrogens (primary N) is 1. The maximum Gasteiger partial charge on any atom is 0.340 e. The lowest BCUT2D eigenvalue weighted by atomic mass is 9.92. The molecule has 0 aliphatic heterocycles. The molecule has 0 saturated carbocycles. The Hall–Kier alpha value is -3.21. The molecule has 0 spiro atoms. The summed E-state index contributed by atoms with van der Waals surface area (Å²) >= 11 is 5.97. The normalized spacial score (nSPS) is 11.8. The Morgan fingerprint density at radius 1 is 1.12 bits per heavy atom. The molecule has 0 fully saturated rings. The Morgan fingerprint density at radius 2 is 1.79 bits per heavy atom. The summed E-state index contributed by atoms with van der Waals surface area (Å²) in [5, 5.41) is 12.3. The van der Waals surface area contributed by atoms with Gasteiger partial charge in [0.15, 0.2) is 6.61 Å². The van der Waals surface area contributed by atoms with Gasteiger partial charge in [0, 0.05) is 11.5 Å². The Labute approximate surface area is 196 Å². The molecule has 0 bridgehead atoms. The summed E-state index contributed by atoms with van der Waals surface area (Å²) in [5.41, 5.74) is 1.01. The number of nitrogens with one attached hydrogen (secondary N) is 1. The van der Waals surface area contributed by atoms with Crippen molar-refractivity contribution >= 4 is 39.3 Å². The van der Waals surface area contributed by atoms with Crippen LogP contribution in [0.2, 0.25) is 5.02 Å². The number of amides is 1. The Balaban J connectivity index is 1.77. The Morgan fingerprint density at radius 3 is 2.39 bits per heavy atom. The number of benzene rings is 2. The van der Waals surface area contributed by atoms with Crippen molar-refractivity contribution in [2.45, 2.75) is 31.1 Å². The average molecular weight is 491 g/mol. The molecule has 0 aliphatic rings. The first-order valence-electron chi connectivity index (χ1n) is 9.81. The van der Waals surface area contributed by atoms with E-state index in [0.29, 0.717) is 5.82 Å². The molecule has 1 heterocycles. The van der Waals surface area contributed by atoms with Crippen LogP contribution in [-0.2, 0) is 25.0 Å². The van der Waals surface area contributed by atoms with E-state index in [1.54, 1.807) is 10.7 Å². The van der Waals surface area contributed by atoms with Crippen LogP contribution in [-0.4, -0.2) is 36.7 Å². The largest absolute Gasteiger partial charge is 0.452 e. The van der Waals surface area contributed by atoms with Gasteiger partial charge in [-0.3, -0.25) is 4.79 Å². The predicted molar refractivity (Wildman–Crippen MR) is 124 cm³/mol. The number of anilines is 1. The fourth-order valence-corrected chi connectivity index (χ4v) is 3.56. The molecule has 9 nitrogen and oxygen atoms in total. The highest BCUT2D eigenvalue weighted by Gasteiger charge is 2.22. The van der Waals surface area contributed by atoms with Gasteiger partial charge < -0.3 is 10.1 Å². The number of sulfonamides is 1. The van der Waals surface area contributed by atoms with Gasteiger partial charge in [0.25, 0.3) is 5.91 Å². The monoisotopic (exact) mass is 490 g/mol. The molecule has 3 rings (SSSR count). The van der Waals surface area contributed by atoms with E-state index >= 15 is 0 Å². The molecule has 1 amide bonds. The van der Waals surface area contributed by atoms with Gasteiger partial charge in [-0.05, 0) is 30.3 Å². The summed E-state index contributed by atoms with van der Waals surface area (Å²) in [6, 6.07) is 14.4. The summed E-state index contributed by atoms with van der Waals surface area (Å²) in [5.74, 6) is -1.17. The summed E-state index contributed by atoms with van der Waals surface area (Å²) in [7, 11) is -4.04. The minimum atomic E-state index is -4.04. The van der Waals surface area contributed by atoms with Crippen LogP contribution >= 0.6 is 11.6 Å². The van der Waals surface area contributed by atoms with Crippen molar-refractivity contribution in [1.29, 1.82) is 0 Å². The minimum absolute atomic E-state index is 0.0372. The quantitative estimate of drug-likeness (QED) is 0.509. The third-order valence-corrected chi connectivity index (χ3v) is 5.81. The number of para-hydroxylation sites is 1. The second-order valence-electron chi connectivity index (χ2n) is 8.22. The van der Waals surface area contributed by atoms with Crippen LogP contribution in [0.25, 0.3) is 5.69 Å². The summed E-state index contributed by atoms with van der Waals surface area (Å²) in [6.07, 6.45) is 0. The maximum atomic E-state index is 12.5. The number of carbonyl (C=O) groups is 2. The van der Waals surface area contributed by atoms with Gasteiger partial charge in [-0.25, -0.2) is 23.0 Å². The van der Waals surface area contributed by atoms with Crippen LogP contribution in [0.1, 0.15) is 36.8 Å². The zero-order valence-corrected chi connectivity index (χ0v) is 19.8. The highest BCUT2D eigenvalue weighted by molar-refractivity contribution is 7.89. The van der Waals surface area contributed by atoms with E-state index in [0.717, 1.165) is 17.4 Å². The second kappa shape index (κ2) is 9.34. The smallest absolute Gasteiger partial charge is 0.340 e. The van der Waals surface area contributed by atoms with Crippen molar-refractivity contribution in [3.8, 4) is 5.69 Å². The highest BCUT2D eigenvalue weighted by atomic mass is 35.5. The Kier molecular flexibility index (Phi) is 6.92. The number of esters is 1. The molecule has 3 aromatic rings. The van der Waals surface area contributed by atoms with Crippen molar-refractivity contribution in [2.75, 3.05) is 11.9 Å². The number of nitrogens with zero attached hydrogens (tertiary/aromatic N) is 2. The number of rotatable bonds is 6. The van der Waals surface area contributed by atoms with E-state index in [2.05, 4.69) is 10.4 Å². The second-order valence-corrected chi connectivity index (χ2v) is 10.2. The third kappa shape index (κ3) is 5.98. The van der Waals surface area contributed by atoms with Gasteiger partial charge in [0.2, 0.25) is 10.0 Å². The molecule has 0 saturated heterocycles. The molecule has 3 N–H and O–H groups in total. The molecule has 0 aliphatic carbocycles. The molecule has 0 radical (unpaired) electrons. The lowest BCUT2D eigenvalue weighted by molar-refractivity contribution is -0.119. The molecule has 1 aromatic heterocycles. The predicted octanol–water partition coefficient (Wildman–Crippen LogP) is 3.27. The molecule has 0 atom stereocenters.